The second kappa shape index (κ2) is 10.4. The highest BCUT2D eigenvalue weighted by atomic mass is 32.2. The number of rotatable bonds is 7. The molecule has 1 aromatic carbocycles. The van der Waals surface area contributed by atoms with Crippen molar-refractivity contribution >= 4 is 23.4 Å². The fourth-order valence-electron chi connectivity index (χ4n) is 4.06. The fourth-order valence-corrected chi connectivity index (χ4v) is 4.94. The van der Waals surface area contributed by atoms with E-state index in [0.717, 1.165) is 69.8 Å². The molecule has 0 saturated carbocycles. The van der Waals surface area contributed by atoms with Crippen LogP contribution in [-0.4, -0.2) is 59.0 Å². The molecule has 4 rings (SSSR count). The Bertz CT molecular complexity index is 991. The van der Waals surface area contributed by atoms with E-state index in [9.17, 15) is 14.0 Å². The number of nitrogens with zero attached hydrogens (tertiary/aromatic N) is 3. The van der Waals surface area contributed by atoms with Gasteiger partial charge in [0.2, 0.25) is 5.91 Å². The molecule has 1 aliphatic heterocycles. The quantitative estimate of drug-likeness (QED) is 0.520. The van der Waals surface area contributed by atoms with Crippen LogP contribution < -0.4 is 11.0 Å². The summed E-state index contributed by atoms with van der Waals surface area (Å²) in [7, 11) is 0. The molecule has 0 spiro atoms. The monoisotopic (exact) mass is 446 g/mol. The summed E-state index contributed by atoms with van der Waals surface area (Å²) in [5.74, 6) is -0.534. The van der Waals surface area contributed by atoms with E-state index in [-0.39, 0.29) is 17.3 Å². The van der Waals surface area contributed by atoms with Crippen LogP contribution >= 0.6 is 11.8 Å². The minimum Gasteiger partial charge on any atom is -0.379 e. The second-order valence-electron chi connectivity index (χ2n) is 7.78. The zero-order valence-corrected chi connectivity index (χ0v) is 18.3. The smallest absolute Gasteiger partial charge is 0.348 e. The molecule has 1 fully saturated rings. The average Bonchev–Trinajstić information content (AvgIpc) is 2.78. The standard InChI is InChI=1S/C22H27FN4O3S/c23-16-4-3-5-17(14-16)24-20(28)15-31-21-18-6-1-2-7-19(18)27(22(29)25-21)9-8-26-10-12-30-13-11-26/h3-5,14H,1-2,6-13,15H2,(H,24,28). The van der Waals surface area contributed by atoms with Gasteiger partial charge in [-0.1, -0.05) is 17.8 Å². The van der Waals surface area contributed by atoms with Gasteiger partial charge in [0.1, 0.15) is 10.8 Å². The number of morpholine rings is 1. The van der Waals surface area contributed by atoms with Crippen LogP contribution in [0.4, 0.5) is 10.1 Å². The first-order chi connectivity index (χ1) is 15.1. The van der Waals surface area contributed by atoms with Crippen LogP contribution in [0.5, 0.6) is 0 Å². The number of fused-ring (bicyclic) bond motifs is 1. The summed E-state index contributed by atoms with van der Waals surface area (Å²) in [6.07, 6.45) is 3.84. The topological polar surface area (TPSA) is 76.5 Å². The molecule has 1 N–H and O–H groups in total. The summed E-state index contributed by atoms with van der Waals surface area (Å²) >= 11 is 1.28. The number of carbonyl (C=O) groups excluding carboxylic acids is 1. The minimum atomic E-state index is -0.401. The molecule has 7 nitrogen and oxygen atoms in total. The molecule has 166 valence electrons. The van der Waals surface area contributed by atoms with Gasteiger partial charge >= 0.3 is 5.69 Å². The number of benzene rings is 1. The summed E-state index contributed by atoms with van der Waals surface area (Å²) in [4.78, 5) is 31.8. The summed E-state index contributed by atoms with van der Waals surface area (Å²) in [6.45, 7) is 4.67. The molecule has 9 heteroatoms. The largest absolute Gasteiger partial charge is 0.379 e. The van der Waals surface area contributed by atoms with Gasteiger partial charge in [0.15, 0.2) is 0 Å². The number of thioether (sulfide) groups is 1. The molecular formula is C22H27FN4O3S. The maximum absolute atomic E-state index is 13.3. The van der Waals surface area contributed by atoms with Crippen LogP contribution in [-0.2, 0) is 28.9 Å². The Hall–Kier alpha value is -2.23. The van der Waals surface area contributed by atoms with E-state index in [1.807, 2.05) is 4.57 Å². The van der Waals surface area contributed by atoms with Crippen LogP contribution in [0.1, 0.15) is 24.1 Å². The highest BCUT2D eigenvalue weighted by molar-refractivity contribution is 8.00. The van der Waals surface area contributed by atoms with Crippen molar-refractivity contribution in [2.24, 2.45) is 0 Å². The summed E-state index contributed by atoms with van der Waals surface area (Å²) in [6, 6.07) is 5.79. The number of ether oxygens (including phenoxy) is 1. The Morgan fingerprint density at radius 3 is 2.81 bits per heavy atom. The predicted octanol–water partition coefficient (Wildman–Crippen LogP) is 2.32. The molecule has 1 amide bonds. The molecule has 2 heterocycles. The zero-order valence-electron chi connectivity index (χ0n) is 17.4. The highest BCUT2D eigenvalue weighted by Crippen LogP contribution is 2.28. The van der Waals surface area contributed by atoms with Crippen LogP contribution in [0.3, 0.4) is 0 Å². The molecule has 2 aromatic rings. The summed E-state index contributed by atoms with van der Waals surface area (Å²) < 4.78 is 20.5. The van der Waals surface area contributed by atoms with Gasteiger partial charge < -0.3 is 10.1 Å². The van der Waals surface area contributed by atoms with Gasteiger partial charge in [0, 0.05) is 43.1 Å². The normalized spacial score (nSPS) is 16.7. The van der Waals surface area contributed by atoms with Gasteiger partial charge in [0.25, 0.3) is 0 Å². The van der Waals surface area contributed by atoms with Crippen molar-refractivity contribution < 1.29 is 13.9 Å². The lowest BCUT2D eigenvalue weighted by Gasteiger charge is -2.28. The van der Waals surface area contributed by atoms with E-state index in [1.54, 1.807) is 12.1 Å². The van der Waals surface area contributed by atoms with Crippen molar-refractivity contribution in [3.63, 3.8) is 0 Å². The van der Waals surface area contributed by atoms with Gasteiger partial charge in [-0.15, -0.1) is 0 Å². The maximum Gasteiger partial charge on any atom is 0.348 e. The zero-order chi connectivity index (χ0) is 21.6. The van der Waals surface area contributed by atoms with Crippen molar-refractivity contribution in [1.29, 1.82) is 0 Å². The first-order valence-electron chi connectivity index (χ1n) is 10.7. The molecule has 1 aromatic heterocycles. The Labute approximate surface area is 185 Å². The van der Waals surface area contributed by atoms with Crippen molar-refractivity contribution in [3.8, 4) is 0 Å². The molecule has 0 atom stereocenters. The second-order valence-corrected chi connectivity index (χ2v) is 8.75. The molecule has 31 heavy (non-hydrogen) atoms. The number of anilines is 1. The SMILES string of the molecule is O=C(CSc1nc(=O)n(CCN2CCOCC2)c2c1CCCC2)Nc1cccc(F)c1. The van der Waals surface area contributed by atoms with E-state index in [2.05, 4.69) is 15.2 Å². The Kier molecular flexibility index (Phi) is 7.37. The van der Waals surface area contributed by atoms with Gasteiger partial charge in [-0.25, -0.2) is 9.18 Å². The van der Waals surface area contributed by atoms with Crippen molar-refractivity contribution in [2.45, 2.75) is 37.3 Å². The number of carbonyl (C=O) groups is 1. The maximum atomic E-state index is 13.3. The summed E-state index contributed by atoms with van der Waals surface area (Å²) in [5, 5.41) is 3.34. The number of hydrogen-bond donors (Lipinski definition) is 1. The van der Waals surface area contributed by atoms with Crippen LogP contribution in [0.25, 0.3) is 0 Å². The third kappa shape index (κ3) is 5.72. The first-order valence-corrected chi connectivity index (χ1v) is 11.7. The fraction of sp³-hybridized carbons (Fsp3) is 0.500. The molecule has 1 aliphatic carbocycles. The van der Waals surface area contributed by atoms with E-state index < -0.39 is 5.82 Å². The number of amides is 1. The lowest BCUT2D eigenvalue weighted by atomic mass is 9.97. The van der Waals surface area contributed by atoms with Crippen molar-refractivity contribution in [3.05, 3.63) is 51.8 Å². The third-order valence-corrected chi connectivity index (χ3v) is 6.66. The molecule has 0 unspecified atom stereocenters. The molecular weight excluding hydrogens is 419 g/mol. The first kappa shape index (κ1) is 22.0. The van der Waals surface area contributed by atoms with E-state index in [0.29, 0.717) is 17.3 Å². The number of hydrogen-bond acceptors (Lipinski definition) is 6. The average molecular weight is 447 g/mol. The van der Waals surface area contributed by atoms with Gasteiger partial charge in [0.05, 0.1) is 19.0 Å². The van der Waals surface area contributed by atoms with Crippen molar-refractivity contribution in [1.82, 2.24) is 14.5 Å². The number of halogens is 1. The lowest BCUT2D eigenvalue weighted by Crippen LogP contribution is -2.40. The molecule has 0 bridgehead atoms. The Morgan fingerprint density at radius 1 is 1.19 bits per heavy atom. The highest BCUT2D eigenvalue weighted by Gasteiger charge is 2.22. The third-order valence-electron chi connectivity index (χ3n) is 5.64. The summed E-state index contributed by atoms with van der Waals surface area (Å²) in [5.41, 5.74) is 2.32. The molecule has 1 saturated heterocycles. The number of nitrogens with one attached hydrogen (secondary N) is 1. The molecule has 2 aliphatic rings. The molecule has 0 radical (unpaired) electrons. The van der Waals surface area contributed by atoms with Crippen LogP contribution in [0.2, 0.25) is 0 Å². The Balaban J connectivity index is 1.44. The lowest BCUT2D eigenvalue weighted by molar-refractivity contribution is -0.113. The minimum absolute atomic E-state index is 0.118. The van der Waals surface area contributed by atoms with Crippen LogP contribution in [0.15, 0.2) is 34.1 Å². The predicted molar refractivity (Wildman–Crippen MR) is 118 cm³/mol. The van der Waals surface area contributed by atoms with Crippen molar-refractivity contribution in [2.75, 3.05) is 43.9 Å². The van der Waals surface area contributed by atoms with Gasteiger partial charge in [-0.2, -0.15) is 4.98 Å². The van der Waals surface area contributed by atoms with E-state index >= 15 is 0 Å². The van der Waals surface area contributed by atoms with Gasteiger partial charge in [-0.3, -0.25) is 14.3 Å². The Morgan fingerprint density at radius 2 is 2.00 bits per heavy atom. The van der Waals surface area contributed by atoms with E-state index in [4.69, 9.17) is 4.74 Å². The van der Waals surface area contributed by atoms with E-state index in [1.165, 1.54) is 23.9 Å². The number of aromatic nitrogens is 2. The van der Waals surface area contributed by atoms with Crippen LogP contribution in [0, 0.1) is 5.82 Å². The van der Waals surface area contributed by atoms with Gasteiger partial charge in [-0.05, 0) is 43.9 Å².